The van der Waals surface area contributed by atoms with E-state index in [9.17, 15) is 0 Å². The highest BCUT2D eigenvalue weighted by Gasteiger charge is 2.24. The van der Waals surface area contributed by atoms with Gasteiger partial charge in [0.05, 0.1) is 27.0 Å². The molecule has 1 saturated heterocycles. The number of halogens is 1. The summed E-state index contributed by atoms with van der Waals surface area (Å²) in [4.78, 5) is 11.5. The first-order chi connectivity index (χ1) is 16.2. The van der Waals surface area contributed by atoms with Crippen molar-refractivity contribution in [3.05, 3.63) is 64.3 Å². The van der Waals surface area contributed by atoms with E-state index in [0.717, 1.165) is 49.9 Å². The van der Waals surface area contributed by atoms with E-state index in [1.54, 1.807) is 7.11 Å². The van der Waals surface area contributed by atoms with Crippen LogP contribution in [0.1, 0.15) is 42.0 Å². The molecule has 1 aromatic heterocycles. The predicted octanol–water partition coefficient (Wildman–Crippen LogP) is 5.17. The zero-order valence-corrected chi connectivity index (χ0v) is 19.9. The second-order valence-corrected chi connectivity index (χ2v) is 9.32. The average molecular weight is 470 g/mol. The van der Waals surface area contributed by atoms with Gasteiger partial charge in [-0.05, 0) is 60.7 Å². The van der Waals surface area contributed by atoms with Crippen LogP contribution in [-0.2, 0) is 16.0 Å². The van der Waals surface area contributed by atoms with E-state index < -0.39 is 0 Å². The largest absolute Gasteiger partial charge is 0.476 e. The molecule has 0 saturated carbocycles. The number of fused-ring (bicyclic) bond motifs is 3. The highest BCUT2D eigenvalue weighted by atomic mass is 35.5. The Balaban J connectivity index is 1.28. The fourth-order valence-corrected chi connectivity index (χ4v) is 5.17. The number of nitrogens with one attached hydrogen (secondary N) is 1. The first-order valence-electron chi connectivity index (χ1n) is 11.8. The third-order valence-electron chi connectivity index (χ3n) is 6.80. The maximum absolute atomic E-state index is 6.30. The molecular weight excluding hydrogens is 438 g/mol. The van der Waals surface area contributed by atoms with Crippen molar-refractivity contribution >= 4 is 22.5 Å². The lowest BCUT2D eigenvalue weighted by molar-refractivity contribution is -0.195. The van der Waals surface area contributed by atoms with Crippen LogP contribution in [0.15, 0.2) is 42.5 Å². The molecular formula is C26H32ClN3O3. The highest BCUT2D eigenvalue weighted by molar-refractivity contribution is 6.31. The van der Waals surface area contributed by atoms with Crippen molar-refractivity contribution in [2.45, 2.75) is 31.6 Å². The zero-order chi connectivity index (χ0) is 22.6. The molecule has 1 aliphatic heterocycles. The van der Waals surface area contributed by atoms with Gasteiger partial charge in [-0.3, -0.25) is 9.74 Å². The summed E-state index contributed by atoms with van der Waals surface area (Å²) in [7, 11) is 1.68. The van der Waals surface area contributed by atoms with Crippen LogP contribution in [0.3, 0.4) is 0 Å². The molecule has 33 heavy (non-hydrogen) atoms. The third kappa shape index (κ3) is 5.20. The number of hydroxylamine groups is 2. The normalized spacial score (nSPS) is 19.5. The topological polar surface area (TPSA) is 50.0 Å². The summed E-state index contributed by atoms with van der Waals surface area (Å²) in [5, 5.41) is 3.89. The van der Waals surface area contributed by atoms with Crippen LogP contribution in [0.2, 0.25) is 5.02 Å². The van der Waals surface area contributed by atoms with E-state index in [0.29, 0.717) is 19.3 Å². The van der Waals surface area contributed by atoms with Crippen molar-refractivity contribution in [2.24, 2.45) is 0 Å². The number of hydrogen-bond donors (Lipinski definition) is 1. The maximum Gasteiger partial charge on any atom is 0.165 e. The number of rotatable bonds is 7. The summed E-state index contributed by atoms with van der Waals surface area (Å²) in [6, 6.07) is 14.7. The summed E-state index contributed by atoms with van der Waals surface area (Å²) in [5.74, 6) is 1.21. The quantitative estimate of drug-likeness (QED) is 0.294. The Morgan fingerprint density at radius 2 is 1.94 bits per heavy atom. The van der Waals surface area contributed by atoms with Crippen molar-refractivity contribution in [1.82, 2.24) is 14.9 Å². The molecule has 1 N–H and O–H groups in total. The van der Waals surface area contributed by atoms with E-state index in [2.05, 4.69) is 46.3 Å². The molecule has 2 aliphatic rings. The zero-order valence-electron chi connectivity index (χ0n) is 19.2. The Hall–Kier alpha value is -2.09. The molecule has 2 aromatic carbocycles. The van der Waals surface area contributed by atoms with Gasteiger partial charge in [0.2, 0.25) is 0 Å². The van der Waals surface area contributed by atoms with Gasteiger partial charge in [0.1, 0.15) is 5.75 Å². The van der Waals surface area contributed by atoms with E-state index in [1.165, 1.54) is 40.6 Å². The molecule has 1 unspecified atom stereocenters. The predicted molar refractivity (Wildman–Crippen MR) is 131 cm³/mol. The molecule has 7 heteroatoms. The van der Waals surface area contributed by atoms with Gasteiger partial charge in [0, 0.05) is 40.6 Å². The minimum Gasteiger partial charge on any atom is -0.476 e. The van der Waals surface area contributed by atoms with Crippen LogP contribution in [0, 0.1) is 0 Å². The van der Waals surface area contributed by atoms with Gasteiger partial charge in [-0.1, -0.05) is 30.2 Å². The average Bonchev–Trinajstić information content (AvgIpc) is 3.06. The fraction of sp³-hybridized carbons (Fsp3) is 0.462. The van der Waals surface area contributed by atoms with Crippen LogP contribution in [0.5, 0.6) is 5.75 Å². The lowest BCUT2D eigenvalue weighted by atomic mass is 9.91. The summed E-state index contributed by atoms with van der Waals surface area (Å²) in [6.45, 7) is 4.45. The molecule has 0 spiro atoms. The van der Waals surface area contributed by atoms with Gasteiger partial charge in [0.25, 0.3) is 0 Å². The van der Waals surface area contributed by atoms with Gasteiger partial charge in [-0.2, -0.15) is 0 Å². The van der Waals surface area contributed by atoms with Gasteiger partial charge in [-0.15, -0.1) is 5.06 Å². The number of aromatic amines is 1. The minimum atomic E-state index is 0.361. The first kappa shape index (κ1) is 22.7. The van der Waals surface area contributed by atoms with Crippen molar-refractivity contribution in [1.29, 1.82) is 0 Å². The van der Waals surface area contributed by atoms with Crippen LogP contribution in [0.4, 0.5) is 0 Å². The maximum atomic E-state index is 6.30. The molecule has 1 fully saturated rings. The van der Waals surface area contributed by atoms with E-state index in [1.807, 2.05) is 11.1 Å². The molecule has 5 rings (SSSR count). The summed E-state index contributed by atoms with van der Waals surface area (Å²) >= 11 is 6.30. The number of H-pyrrole nitrogens is 1. The Morgan fingerprint density at radius 3 is 2.73 bits per heavy atom. The van der Waals surface area contributed by atoms with Gasteiger partial charge in [0.15, 0.2) is 6.73 Å². The molecule has 6 nitrogen and oxygen atoms in total. The first-order valence-corrected chi connectivity index (χ1v) is 12.2. The van der Waals surface area contributed by atoms with Crippen LogP contribution in [-0.4, -0.2) is 61.8 Å². The molecule has 0 bridgehead atoms. The Morgan fingerprint density at radius 1 is 1.12 bits per heavy atom. The molecule has 176 valence electrons. The van der Waals surface area contributed by atoms with Gasteiger partial charge in [-0.25, -0.2) is 0 Å². The monoisotopic (exact) mass is 469 g/mol. The van der Waals surface area contributed by atoms with Crippen LogP contribution in [0.25, 0.3) is 10.9 Å². The number of aromatic nitrogens is 1. The molecule has 0 amide bonds. The van der Waals surface area contributed by atoms with Gasteiger partial charge >= 0.3 is 0 Å². The van der Waals surface area contributed by atoms with Crippen LogP contribution < -0.4 is 4.74 Å². The van der Waals surface area contributed by atoms with Crippen molar-refractivity contribution in [3.8, 4) is 5.75 Å². The number of hydrogen-bond acceptors (Lipinski definition) is 5. The number of ether oxygens (including phenoxy) is 2. The van der Waals surface area contributed by atoms with Crippen molar-refractivity contribution in [3.63, 3.8) is 0 Å². The molecule has 2 heterocycles. The minimum absolute atomic E-state index is 0.361. The lowest BCUT2D eigenvalue weighted by Gasteiger charge is -2.31. The van der Waals surface area contributed by atoms with Crippen LogP contribution >= 0.6 is 11.6 Å². The van der Waals surface area contributed by atoms with Crippen molar-refractivity contribution in [2.75, 3.05) is 46.8 Å². The summed E-state index contributed by atoms with van der Waals surface area (Å²) in [5.41, 5.74) is 5.26. The molecule has 3 aromatic rings. The second-order valence-electron chi connectivity index (χ2n) is 8.88. The van der Waals surface area contributed by atoms with Crippen molar-refractivity contribution < 1.29 is 14.3 Å². The highest BCUT2D eigenvalue weighted by Crippen LogP contribution is 2.39. The number of morpholine rings is 1. The molecule has 1 aliphatic carbocycles. The SMILES string of the molecule is CON(COc1ccc(C2CCCCc3c2[nH]c2ccc(Cl)cc32)cc1)CN1CCOCC1. The number of nitrogens with zero attached hydrogens (tertiary/aromatic N) is 2. The molecule has 0 radical (unpaired) electrons. The standard InChI is InChI=1S/C26H32ClN3O3/c1-31-30(17-29-12-14-32-15-13-29)18-33-21-9-6-19(7-10-21)22-4-2-3-5-23-24-16-20(27)8-11-25(24)28-26(22)23/h6-11,16,22,28H,2-5,12-15,17-18H2,1H3. The Bertz CT molecular complexity index is 1060. The third-order valence-corrected chi connectivity index (χ3v) is 7.03. The van der Waals surface area contributed by atoms with E-state index >= 15 is 0 Å². The Kier molecular flexibility index (Phi) is 7.19. The second kappa shape index (κ2) is 10.5. The smallest absolute Gasteiger partial charge is 0.165 e. The number of benzene rings is 2. The summed E-state index contributed by atoms with van der Waals surface area (Å²) in [6.07, 6.45) is 4.67. The van der Waals surface area contributed by atoms with E-state index in [4.69, 9.17) is 25.9 Å². The fourth-order valence-electron chi connectivity index (χ4n) is 5.00. The van der Waals surface area contributed by atoms with E-state index in [-0.39, 0.29) is 0 Å². The van der Waals surface area contributed by atoms with Gasteiger partial charge < -0.3 is 14.5 Å². The lowest BCUT2D eigenvalue weighted by Crippen LogP contribution is -2.44. The molecule has 1 atom stereocenters. The summed E-state index contributed by atoms with van der Waals surface area (Å²) < 4.78 is 11.4. The Labute approximate surface area is 200 Å². The number of aryl methyl sites for hydroxylation is 1.